The Labute approximate surface area is 318 Å². The van der Waals surface area contributed by atoms with Crippen LogP contribution in [0.5, 0.6) is 5.75 Å². The number of methoxy groups -OCH3 is 1. The number of carbonyl (C=O) groups is 6. The number of alkyl carbamates (subject to hydrolysis) is 2. The Bertz CT molecular complexity index is 1430. The van der Waals surface area contributed by atoms with Gasteiger partial charge >= 0.3 is 18.2 Å². The highest BCUT2D eigenvalue weighted by Crippen LogP contribution is 2.15. The molecule has 0 bridgehead atoms. The Hall–Kier alpha value is -5.41. The number of carbonyl (C=O) groups excluding carboxylic acids is 6. The lowest BCUT2D eigenvalue weighted by molar-refractivity contribution is -0.141. The standard InChI is InChI=1S/C38H58N6O10/c1-11-15-27(24-31(46)51-10)41-32(47)29(42-33(48)30(40-25(3)45)23-26-17-19-28(20-18-26)52-22-12-2)16-13-14-21-39-34(43-35(49)53-37(4,5)6)44-36(50)54-38(7,8)9/h11-12,17-20,27,29-30H,1-2,13-16,21-24H2,3-10H3,(H,40,45)(H,41,47)(H,42,48)(H2,39,43,44,49,50)/t27-,29-,30-/m0/s1. The van der Waals surface area contributed by atoms with E-state index in [9.17, 15) is 28.8 Å². The minimum atomic E-state index is -1.09. The Balaban J connectivity index is 3.22. The van der Waals surface area contributed by atoms with Crippen molar-refractivity contribution in [2.24, 2.45) is 4.99 Å². The minimum absolute atomic E-state index is 0.0890. The third-order valence-corrected chi connectivity index (χ3v) is 6.91. The van der Waals surface area contributed by atoms with E-state index in [1.807, 2.05) is 0 Å². The van der Waals surface area contributed by atoms with Gasteiger partial charge in [0.25, 0.3) is 0 Å². The van der Waals surface area contributed by atoms with E-state index < -0.39 is 65.2 Å². The van der Waals surface area contributed by atoms with E-state index in [0.717, 1.165) is 5.56 Å². The van der Waals surface area contributed by atoms with Gasteiger partial charge in [0, 0.05) is 25.9 Å². The van der Waals surface area contributed by atoms with E-state index in [4.69, 9.17) is 18.9 Å². The molecule has 0 aliphatic heterocycles. The van der Waals surface area contributed by atoms with Crippen LogP contribution in [0.3, 0.4) is 0 Å². The van der Waals surface area contributed by atoms with Crippen LogP contribution in [0.25, 0.3) is 0 Å². The lowest BCUT2D eigenvalue weighted by atomic mass is 10.0. The van der Waals surface area contributed by atoms with Gasteiger partial charge in [-0.1, -0.05) is 30.9 Å². The smallest absolute Gasteiger partial charge is 0.414 e. The minimum Gasteiger partial charge on any atom is -0.490 e. The highest BCUT2D eigenvalue weighted by atomic mass is 16.6. The first-order chi connectivity index (χ1) is 25.2. The van der Waals surface area contributed by atoms with Crippen molar-refractivity contribution in [2.75, 3.05) is 20.3 Å². The summed E-state index contributed by atoms with van der Waals surface area (Å²) in [4.78, 5) is 80.6. The third-order valence-electron chi connectivity index (χ3n) is 6.91. The molecule has 0 aromatic heterocycles. The normalized spacial score (nSPS) is 12.7. The first kappa shape index (κ1) is 46.6. The number of aliphatic imine (C=N–C) groups is 1. The number of amides is 5. The van der Waals surface area contributed by atoms with Crippen molar-refractivity contribution in [1.82, 2.24) is 26.6 Å². The molecule has 1 aromatic rings. The van der Waals surface area contributed by atoms with E-state index in [2.05, 4.69) is 44.7 Å². The molecule has 1 rings (SSSR count). The van der Waals surface area contributed by atoms with Crippen LogP contribution in [0.1, 0.15) is 86.1 Å². The Morgan fingerprint density at radius 2 is 1.37 bits per heavy atom. The lowest BCUT2D eigenvalue weighted by Crippen LogP contribution is -2.55. The molecule has 0 unspecified atom stereocenters. The zero-order valence-corrected chi connectivity index (χ0v) is 32.8. The summed E-state index contributed by atoms with van der Waals surface area (Å²) >= 11 is 0. The molecule has 0 aliphatic rings. The summed E-state index contributed by atoms with van der Waals surface area (Å²) in [5.41, 5.74) is -0.896. The molecule has 0 spiro atoms. The van der Waals surface area contributed by atoms with Crippen molar-refractivity contribution < 1.29 is 47.7 Å². The highest BCUT2D eigenvalue weighted by Gasteiger charge is 2.28. The molecular formula is C38H58N6O10. The molecule has 5 N–H and O–H groups in total. The highest BCUT2D eigenvalue weighted by molar-refractivity contribution is 6.01. The number of benzene rings is 1. The summed E-state index contributed by atoms with van der Waals surface area (Å²) in [7, 11) is 1.24. The maximum atomic E-state index is 13.7. The molecule has 16 heteroatoms. The summed E-state index contributed by atoms with van der Waals surface area (Å²) in [5, 5.41) is 13.0. The molecule has 0 aliphatic carbocycles. The van der Waals surface area contributed by atoms with Gasteiger partial charge in [-0.05, 0) is 84.9 Å². The molecule has 0 heterocycles. The Morgan fingerprint density at radius 3 is 1.87 bits per heavy atom. The predicted octanol–water partition coefficient (Wildman–Crippen LogP) is 3.98. The quantitative estimate of drug-likeness (QED) is 0.0342. The number of ether oxygens (including phenoxy) is 4. The van der Waals surface area contributed by atoms with Crippen LogP contribution in [0.15, 0.2) is 54.6 Å². The fourth-order valence-electron chi connectivity index (χ4n) is 4.65. The SMILES string of the molecule is C=CCOc1ccc(C[C@H](NC(C)=O)C(=O)N[C@@H](CCCCN=C(NC(=O)OC(C)(C)C)NC(=O)OC(C)(C)C)C(=O)N[C@@H](CC=C)CC(=O)OC)cc1. The number of nitrogens with zero attached hydrogens (tertiary/aromatic N) is 1. The summed E-state index contributed by atoms with van der Waals surface area (Å²) in [6, 6.07) is 4.24. The van der Waals surface area contributed by atoms with Crippen LogP contribution in [0.2, 0.25) is 0 Å². The van der Waals surface area contributed by atoms with Crippen molar-refractivity contribution in [1.29, 1.82) is 0 Å². The molecular weight excluding hydrogens is 700 g/mol. The Kier molecular flexibility index (Phi) is 20.1. The van der Waals surface area contributed by atoms with Gasteiger partial charge in [0.15, 0.2) is 0 Å². The lowest BCUT2D eigenvalue weighted by Gasteiger charge is -2.25. The number of hydrogen-bond donors (Lipinski definition) is 5. The van der Waals surface area contributed by atoms with Crippen molar-refractivity contribution in [3.63, 3.8) is 0 Å². The first-order valence-electron chi connectivity index (χ1n) is 17.7. The first-order valence-corrected chi connectivity index (χ1v) is 17.7. The molecule has 1 aromatic carbocycles. The maximum absolute atomic E-state index is 13.7. The number of nitrogens with one attached hydrogen (secondary N) is 5. The third kappa shape index (κ3) is 21.2. The van der Waals surface area contributed by atoms with Gasteiger partial charge in [-0.2, -0.15) is 0 Å². The number of esters is 1. The van der Waals surface area contributed by atoms with E-state index in [1.54, 1.807) is 78.0 Å². The van der Waals surface area contributed by atoms with Crippen LogP contribution >= 0.6 is 0 Å². The summed E-state index contributed by atoms with van der Waals surface area (Å²) in [5.74, 6) is -1.74. The second kappa shape index (κ2) is 23.3. The second-order valence-electron chi connectivity index (χ2n) is 14.3. The number of rotatable bonds is 19. The molecule has 5 amide bonds. The second-order valence-corrected chi connectivity index (χ2v) is 14.3. The van der Waals surface area contributed by atoms with Crippen LogP contribution in [-0.4, -0.2) is 91.4 Å². The van der Waals surface area contributed by atoms with Gasteiger partial charge in [-0.15, -0.1) is 6.58 Å². The zero-order valence-electron chi connectivity index (χ0n) is 32.8. The van der Waals surface area contributed by atoms with E-state index in [-0.39, 0.29) is 38.2 Å². The summed E-state index contributed by atoms with van der Waals surface area (Å²) < 4.78 is 20.8. The van der Waals surface area contributed by atoms with E-state index >= 15 is 0 Å². The fraction of sp³-hybridized carbons (Fsp3) is 0.553. The van der Waals surface area contributed by atoms with E-state index in [1.165, 1.54) is 14.0 Å². The number of hydrogen-bond acceptors (Lipinski definition) is 11. The average Bonchev–Trinajstić information content (AvgIpc) is 3.04. The van der Waals surface area contributed by atoms with Gasteiger partial charge in [0.2, 0.25) is 23.7 Å². The van der Waals surface area contributed by atoms with Gasteiger partial charge < -0.3 is 34.9 Å². The van der Waals surface area contributed by atoms with Crippen LogP contribution in [0, 0.1) is 0 Å². The average molecular weight is 759 g/mol. The maximum Gasteiger partial charge on any atom is 0.414 e. The molecule has 0 fully saturated rings. The van der Waals surface area contributed by atoms with Gasteiger partial charge in [0.05, 0.1) is 13.5 Å². The molecule has 0 saturated carbocycles. The number of guanidine groups is 1. The Morgan fingerprint density at radius 1 is 0.796 bits per heavy atom. The predicted molar refractivity (Wildman–Crippen MR) is 204 cm³/mol. The topological polar surface area (TPSA) is 212 Å². The van der Waals surface area contributed by atoms with Gasteiger partial charge in [0.1, 0.15) is 35.6 Å². The van der Waals surface area contributed by atoms with Crippen molar-refractivity contribution >= 4 is 41.8 Å². The van der Waals surface area contributed by atoms with Crippen molar-refractivity contribution in [2.45, 2.75) is 116 Å². The molecule has 0 saturated heterocycles. The van der Waals surface area contributed by atoms with Crippen molar-refractivity contribution in [3.8, 4) is 5.75 Å². The zero-order chi connectivity index (χ0) is 40.9. The van der Waals surface area contributed by atoms with Crippen molar-refractivity contribution in [3.05, 3.63) is 55.1 Å². The molecule has 54 heavy (non-hydrogen) atoms. The summed E-state index contributed by atoms with van der Waals surface area (Å²) in [6.45, 7) is 19.1. The molecule has 300 valence electrons. The summed E-state index contributed by atoms with van der Waals surface area (Å²) in [6.07, 6.45) is 2.55. The van der Waals surface area contributed by atoms with E-state index in [0.29, 0.717) is 25.2 Å². The molecule has 0 radical (unpaired) electrons. The van der Waals surface area contributed by atoms with Gasteiger partial charge in [-0.25, -0.2) is 9.59 Å². The van der Waals surface area contributed by atoms with Crippen LogP contribution in [-0.2, 0) is 39.8 Å². The van der Waals surface area contributed by atoms with Gasteiger partial charge in [-0.3, -0.25) is 34.8 Å². The molecule has 3 atom stereocenters. The molecule has 16 nitrogen and oxygen atoms in total. The largest absolute Gasteiger partial charge is 0.490 e. The van der Waals surface area contributed by atoms with Crippen LogP contribution in [0.4, 0.5) is 9.59 Å². The monoisotopic (exact) mass is 758 g/mol. The van der Waals surface area contributed by atoms with Crippen LogP contribution < -0.4 is 31.3 Å². The fourth-order valence-corrected chi connectivity index (χ4v) is 4.65. The number of unbranched alkanes of at least 4 members (excludes halogenated alkanes) is 1.